The fourth-order valence-electron chi connectivity index (χ4n) is 4.18. The topological polar surface area (TPSA) is 120 Å². The van der Waals surface area contributed by atoms with Crippen molar-refractivity contribution in [1.29, 1.82) is 0 Å². The lowest BCUT2D eigenvalue weighted by Gasteiger charge is -2.35. The van der Waals surface area contributed by atoms with E-state index in [0.717, 1.165) is 24.8 Å². The molecule has 1 aliphatic rings. The lowest BCUT2D eigenvalue weighted by molar-refractivity contribution is -0.184. The highest BCUT2D eigenvalue weighted by molar-refractivity contribution is 6.18. The molecule has 0 bridgehead atoms. The van der Waals surface area contributed by atoms with E-state index in [1.807, 2.05) is 51.1 Å². The Balaban J connectivity index is 2.16. The summed E-state index contributed by atoms with van der Waals surface area (Å²) in [5, 5.41) is 3.18. The van der Waals surface area contributed by atoms with Gasteiger partial charge in [0.05, 0.1) is 19.8 Å². The maximum absolute atomic E-state index is 13.4. The van der Waals surface area contributed by atoms with Crippen LogP contribution in [0.5, 0.6) is 0 Å². The number of likely N-dealkylation sites (tertiary alicyclic amines) is 1. The summed E-state index contributed by atoms with van der Waals surface area (Å²) in [6.45, 7) is 6.68. The molecule has 1 aromatic rings. The number of esters is 3. The minimum atomic E-state index is -2.30. The molecule has 1 aliphatic heterocycles. The number of unbranched alkanes of at least 4 members (excludes halogenated alkanes) is 3. The predicted molar refractivity (Wildman–Crippen MR) is 149 cm³/mol. The number of carbonyl (C=O) groups excluding carboxylic acids is 4. The third kappa shape index (κ3) is 10.1. The molecule has 10 nitrogen and oxygen atoms in total. The Kier molecular flexibility index (Phi) is 15.1. The van der Waals surface area contributed by atoms with Crippen LogP contribution in [0.2, 0.25) is 0 Å². The van der Waals surface area contributed by atoms with Gasteiger partial charge in [-0.2, -0.15) is 0 Å². The Morgan fingerprint density at radius 3 is 1.85 bits per heavy atom. The zero-order valence-corrected chi connectivity index (χ0v) is 24.3. The van der Waals surface area contributed by atoms with E-state index in [-0.39, 0.29) is 39.0 Å². The molecule has 2 rings (SSSR count). The Labute approximate surface area is 238 Å². The number of carbonyl (C=O) groups is 4. The van der Waals surface area contributed by atoms with Gasteiger partial charge in [-0.1, -0.05) is 70.4 Å². The first-order valence-electron chi connectivity index (χ1n) is 14.6. The molecular formula is C30H46N2O8. The van der Waals surface area contributed by atoms with E-state index in [2.05, 4.69) is 5.32 Å². The van der Waals surface area contributed by atoms with Crippen LogP contribution in [0.3, 0.4) is 0 Å². The first-order valence-corrected chi connectivity index (χ1v) is 14.6. The van der Waals surface area contributed by atoms with Gasteiger partial charge in [-0.25, -0.2) is 4.79 Å². The van der Waals surface area contributed by atoms with Gasteiger partial charge < -0.3 is 29.2 Å². The summed E-state index contributed by atoms with van der Waals surface area (Å²) in [6.07, 6.45) is 5.02. The molecular weight excluding hydrogens is 516 g/mol. The quantitative estimate of drug-likeness (QED) is 0.127. The molecule has 0 unspecified atom stereocenters. The Bertz CT molecular complexity index is 868. The predicted octanol–water partition coefficient (Wildman–Crippen LogP) is 4.39. The molecule has 0 aliphatic carbocycles. The number of rotatable bonds is 17. The molecule has 1 atom stereocenters. The molecule has 10 heteroatoms. The first kappa shape index (κ1) is 33.1. The van der Waals surface area contributed by atoms with E-state index < -0.39 is 29.4 Å². The number of piperidine rings is 1. The van der Waals surface area contributed by atoms with E-state index in [9.17, 15) is 19.2 Å². The fourth-order valence-corrected chi connectivity index (χ4v) is 4.18. The standard InChI is InChI=1S/C30H46N2O8/c1-4-7-18-37-26(33)30(27(34)38-19-8-5-2,28(35)39-20-9-6-3)23-31-25-16-13-17-32(21-25)29(36)40-22-24-14-11-10-12-15-24/h10-12,14-15,25,31H,4-9,13,16-23H2,1-3H3/t25-/m1/s1. The van der Waals surface area contributed by atoms with Crippen LogP contribution in [-0.2, 0) is 39.9 Å². The highest BCUT2D eigenvalue weighted by atomic mass is 16.6. The van der Waals surface area contributed by atoms with Crippen LogP contribution in [0.4, 0.5) is 4.79 Å². The molecule has 0 spiro atoms. The molecule has 1 N–H and O–H groups in total. The van der Waals surface area contributed by atoms with Gasteiger partial charge in [-0.15, -0.1) is 0 Å². The number of nitrogens with one attached hydrogen (secondary N) is 1. The molecule has 0 saturated carbocycles. The average molecular weight is 563 g/mol. The van der Waals surface area contributed by atoms with Gasteiger partial charge in [-0.3, -0.25) is 14.4 Å². The minimum Gasteiger partial charge on any atom is -0.464 e. The van der Waals surface area contributed by atoms with Gasteiger partial charge in [0.2, 0.25) is 0 Å². The van der Waals surface area contributed by atoms with Gasteiger partial charge in [0.1, 0.15) is 6.61 Å². The average Bonchev–Trinajstić information content (AvgIpc) is 2.97. The molecule has 40 heavy (non-hydrogen) atoms. The van der Waals surface area contributed by atoms with Crippen LogP contribution in [0.1, 0.15) is 77.7 Å². The maximum atomic E-state index is 13.4. The van der Waals surface area contributed by atoms with Crippen molar-refractivity contribution in [3.8, 4) is 0 Å². The van der Waals surface area contributed by atoms with Crippen LogP contribution in [-0.4, -0.2) is 74.4 Å². The van der Waals surface area contributed by atoms with Crippen molar-refractivity contribution in [2.75, 3.05) is 39.5 Å². The molecule has 0 radical (unpaired) electrons. The molecule has 1 saturated heterocycles. The summed E-state index contributed by atoms with van der Waals surface area (Å²) in [5.74, 6) is -2.94. The van der Waals surface area contributed by atoms with Gasteiger partial charge in [0, 0.05) is 25.7 Å². The molecule has 0 aromatic heterocycles. The highest BCUT2D eigenvalue weighted by Crippen LogP contribution is 2.26. The third-order valence-corrected chi connectivity index (χ3v) is 6.78. The van der Waals surface area contributed by atoms with Gasteiger partial charge in [-0.05, 0) is 37.7 Å². The molecule has 224 valence electrons. The fraction of sp³-hybridized carbons (Fsp3) is 0.667. The first-order chi connectivity index (χ1) is 19.4. The van der Waals surface area contributed by atoms with Gasteiger partial charge >= 0.3 is 24.0 Å². The maximum Gasteiger partial charge on any atom is 0.410 e. The lowest BCUT2D eigenvalue weighted by atomic mass is 9.87. The summed E-state index contributed by atoms with van der Waals surface area (Å²) >= 11 is 0. The van der Waals surface area contributed by atoms with E-state index in [1.54, 1.807) is 4.90 Å². The summed E-state index contributed by atoms with van der Waals surface area (Å²) in [7, 11) is 0. The van der Waals surface area contributed by atoms with Crippen molar-refractivity contribution in [2.24, 2.45) is 5.41 Å². The van der Waals surface area contributed by atoms with Crippen molar-refractivity contribution in [2.45, 2.75) is 84.8 Å². The Morgan fingerprint density at radius 1 is 0.825 bits per heavy atom. The minimum absolute atomic E-state index is 0.0754. The number of benzene rings is 1. The summed E-state index contributed by atoms with van der Waals surface area (Å²) < 4.78 is 21.7. The van der Waals surface area contributed by atoms with E-state index in [1.165, 1.54) is 0 Å². The van der Waals surface area contributed by atoms with Crippen molar-refractivity contribution in [3.05, 3.63) is 35.9 Å². The smallest absolute Gasteiger partial charge is 0.410 e. The summed E-state index contributed by atoms with van der Waals surface area (Å²) in [6, 6.07) is 9.13. The van der Waals surface area contributed by atoms with E-state index in [0.29, 0.717) is 45.2 Å². The number of hydrogen-bond donors (Lipinski definition) is 1. The van der Waals surface area contributed by atoms with Crippen molar-refractivity contribution < 1.29 is 38.1 Å². The molecule has 1 heterocycles. The van der Waals surface area contributed by atoms with Crippen molar-refractivity contribution in [3.63, 3.8) is 0 Å². The second kappa shape index (κ2) is 18.3. The van der Waals surface area contributed by atoms with Gasteiger partial charge in [0.25, 0.3) is 5.41 Å². The van der Waals surface area contributed by atoms with Crippen LogP contribution < -0.4 is 5.32 Å². The summed E-state index contributed by atoms with van der Waals surface area (Å²) in [4.78, 5) is 54.5. The SMILES string of the molecule is CCCCOC(=O)C(CN[C@@H]1CCCN(C(=O)OCc2ccccc2)C1)(C(=O)OCCCC)C(=O)OCCCC. The number of amides is 1. The largest absolute Gasteiger partial charge is 0.464 e. The van der Waals surface area contributed by atoms with Crippen LogP contribution in [0, 0.1) is 5.41 Å². The monoisotopic (exact) mass is 562 g/mol. The summed E-state index contributed by atoms with van der Waals surface area (Å²) in [5.41, 5.74) is -1.41. The Morgan fingerprint density at radius 2 is 1.35 bits per heavy atom. The number of hydrogen-bond acceptors (Lipinski definition) is 9. The van der Waals surface area contributed by atoms with E-state index in [4.69, 9.17) is 18.9 Å². The second-order valence-electron chi connectivity index (χ2n) is 10.1. The highest BCUT2D eigenvalue weighted by Gasteiger charge is 2.57. The normalized spacial score (nSPS) is 15.3. The second-order valence-corrected chi connectivity index (χ2v) is 10.1. The zero-order valence-electron chi connectivity index (χ0n) is 24.3. The molecule has 1 fully saturated rings. The number of ether oxygens (including phenoxy) is 4. The zero-order chi connectivity index (χ0) is 29.2. The van der Waals surface area contributed by atoms with E-state index >= 15 is 0 Å². The van der Waals surface area contributed by atoms with Crippen LogP contribution >= 0.6 is 0 Å². The van der Waals surface area contributed by atoms with Crippen LogP contribution in [0.25, 0.3) is 0 Å². The van der Waals surface area contributed by atoms with Crippen LogP contribution in [0.15, 0.2) is 30.3 Å². The molecule has 1 amide bonds. The number of nitrogens with zero attached hydrogens (tertiary/aromatic N) is 1. The third-order valence-electron chi connectivity index (χ3n) is 6.78. The van der Waals surface area contributed by atoms with Crippen molar-refractivity contribution in [1.82, 2.24) is 10.2 Å². The van der Waals surface area contributed by atoms with Crippen molar-refractivity contribution >= 4 is 24.0 Å². The van der Waals surface area contributed by atoms with Gasteiger partial charge in [0.15, 0.2) is 0 Å². The lowest BCUT2D eigenvalue weighted by Crippen LogP contribution is -2.58. The molecule has 1 aromatic carbocycles. The Hall–Kier alpha value is -3.14.